The first-order valence-corrected chi connectivity index (χ1v) is 7.94. The average molecular weight is 379 g/mol. The second kappa shape index (κ2) is 16.6. The Balaban J connectivity index is -0.000000602. The minimum Gasteiger partial charge on any atom is -0.450 e. The number of carboxylic acid groups (broad SMARTS) is 1. The summed E-state index contributed by atoms with van der Waals surface area (Å²) in [6, 6.07) is 0. The van der Waals surface area contributed by atoms with Gasteiger partial charge in [0.05, 0.1) is 0 Å². The number of unbranched alkanes of at least 4 members (excludes halogenated alkanes) is 2. The van der Waals surface area contributed by atoms with Crippen molar-refractivity contribution in [2.45, 2.75) is 66.2 Å². The van der Waals surface area contributed by atoms with Crippen LogP contribution in [-0.2, 0) is 4.74 Å². The molecule has 6 nitrogen and oxygen atoms in total. The van der Waals surface area contributed by atoms with Gasteiger partial charge in [-0.3, -0.25) is 9.80 Å². The number of ether oxygens (including phenoxy) is 1. The fourth-order valence-electron chi connectivity index (χ4n) is 2.88. The predicted molar refractivity (Wildman–Crippen MR) is 99.9 cm³/mol. The molecule has 0 heterocycles. The number of hydrogen-bond acceptors (Lipinski definition) is 4. The number of hydrogen-bond donors (Lipinski definition) is 1. The first-order valence-electron chi connectivity index (χ1n) is 7.94. The molecule has 0 aromatic heterocycles. The molecule has 0 unspecified atom stereocenters. The van der Waals surface area contributed by atoms with Crippen molar-refractivity contribution >= 4 is 31.0 Å². The van der Waals surface area contributed by atoms with Gasteiger partial charge < -0.3 is 15.3 Å². The lowest BCUT2D eigenvalue weighted by Crippen LogP contribution is -2.63. The zero-order valence-corrected chi connectivity index (χ0v) is 16.8. The summed E-state index contributed by atoms with van der Waals surface area (Å²) in [6.45, 7) is 13.4. The summed E-state index contributed by atoms with van der Waals surface area (Å²) in [4.78, 5) is 15.5. The molecule has 0 spiro atoms. The van der Waals surface area contributed by atoms with Crippen LogP contribution in [0.3, 0.4) is 0 Å². The molecule has 3 N–H and O–H groups in total. The van der Waals surface area contributed by atoms with Crippen molar-refractivity contribution in [3.05, 3.63) is 0 Å². The Morgan fingerprint density at radius 1 is 0.913 bits per heavy atom. The zero-order chi connectivity index (χ0) is 15.6. The Bertz CT molecular complexity index is 264. The van der Waals surface area contributed by atoms with Gasteiger partial charge in [-0.25, -0.2) is 4.79 Å². The second-order valence-electron chi connectivity index (χ2n) is 4.91. The molecule has 0 aliphatic carbocycles. The topological polar surface area (TPSA) is 84.5 Å². The monoisotopic (exact) mass is 378 g/mol. The molecule has 0 amide bonds. The normalized spacial score (nSPS) is 10.6. The third kappa shape index (κ3) is 8.96. The number of rotatable bonds is 11. The summed E-state index contributed by atoms with van der Waals surface area (Å²) in [5.41, 5.74) is 0. The van der Waals surface area contributed by atoms with Crippen LogP contribution in [0.25, 0.3) is 0 Å². The molecule has 8 heteroatoms. The second-order valence-corrected chi connectivity index (χ2v) is 4.91. The van der Waals surface area contributed by atoms with Gasteiger partial charge in [0.2, 0.25) is 5.85 Å². The Morgan fingerprint density at radius 2 is 1.30 bits per heavy atom. The third-order valence-electron chi connectivity index (χ3n) is 3.87. The molecule has 0 bridgehead atoms. The van der Waals surface area contributed by atoms with E-state index >= 15 is 0 Å². The SMILES string of the molecule is CCCCCC(OC(=O)O)(N(CC)CC)N(CC)CC.Cl.Cl.O. The summed E-state index contributed by atoms with van der Waals surface area (Å²) in [6.07, 6.45) is 2.69. The highest BCUT2D eigenvalue weighted by Gasteiger charge is 2.43. The van der Waals surface area contributed by atoms with E-state index in [0.29, 0.717) is 0 Å². The van der Waals surface area contributed by atoms with Crippen molar-refractivity contribution in [2.24, 2.45) is 0 Å². The standard InChI is InChI=1S/C15H32N2O3.2ClH.H2O/c1-6-11-12-13-15(20-14(18)19,16(7-2)8-3)17(9-4)10-5;;;/h6-13H2,1-5H3,(H,18,19);2*1H;1H2. The molecule has 144 valence electrons. The van der Waals surface area contributed by atoms with Crippen LogP contribution in [0.4, 0.5) is 4.79 Å². The lowest BCUT2D eigenvalue weighted by atomic mass is 10.1. The summed E-state index contributed by atoms with van der Waals surface area (Å²) in [5.74, 6) is -0.825. The zero-order valence-electron chi connectivity index (χ0n) is 15.1. The number of halogens is 2. The van der Waals surface area contributed by atoms with Gasteiger partial charge in [0, 0.05) is 32.6 Å². The molecule has 0 aliphatic rings. The van der Waals surface area contributed by atoms with Crippen molar-refractivity contribution in [1.82, 2.24) is 9.80 Å². The molecule has 0 saturated heterocycles. The van der Waals surface area contributed by atoms with E-state index in [1.165, 1.54) is 0 Å². The van der Waals surface area contributed by atoms with Gasteiger partial charge in [0.25, 0.3) is 0 Å². The van der Waals surface area contributed by atoms with Crippen LogP contribution >= 0.6 is 24.8 Å². The maximum Gasteiger partial charge on any atom is 0.508 e. The van der Waals surface area contributed by atoms with Gasteiger partial charge in [-0.1, -0.05) is 47.5 Å². The Kier molecular flexibility index (Phi) is 22.1. The summed E-state index contributed by atoms with van der Waals surface area (Å²) >= 11 is 0. The average Bonchev–Trinajstić information content (AvgIpc) is 2.40. The highest BCUT2D eigenvalue weighted by atomic mass is 35.5. The molecule has 0 aliphatic heterocycles. The first kappa shape index (κ1) is 30.6. The van der Waals surface area contributed by atoms with Gasteiger partial charge in [0.15, 0.2) is 0 Å². The molecule has 23 heavy (non-hydrogen) atoms. The van der Waals surface area contributed by atoms with Crippen LogP contribution in [-0.4, -0.2) is 58.6 Å². The summed E-state index contributed by atoms with van der Waals surface area (Å²) < 4.78 is 5.44. The molecule has 0 saturated carbocycles. The molecule has 0 radical (unpaired) electrons. The predicted octanol–water partition coefficient (Wildman–Crippen LogP) is 3.62. The summed E-state index contributed by atoms with van der Waals surface area (Å²) in [5, 5.41) is 9.21. The van der Waals surface area contributed by atoms with Crippen LogP contribution in [0.1, 0.15) is 60.3 Å². The van der Waals surface area contributed by atoms with Crippen LogP contribution < -0.4 is 0 Å². The van der Waals surface area contributed by atoms with Crippen LogP contribution in [0.15, 0.2) is 0 Å². The van der Waals surface area contributed by atoms with Crippen molar-refractivity contribution < 1.29 is 20.1 Å². The smallest absolute Gasteiger partial charge is 0.450 e. The Hall–Kier alpha value is -0.270. The van der Waals surface area contributed by atoms with E-state index in [1.807, 2.05) is 27.7 Å². The van der Waals surface area contributed by atoms with Crippen molar-refractivity contribution in [3.8, 4) is 0 Å². The molecule has 0 rings (SSSR count). The number of nitrogens with zero attached hydrogens (tertiary/aromatic N) is 2. The van der Waals surface area contributed by atoms with Gasteiger partial charge in [-0.2, -0.15) is 0 Å². The van der Waals surface area contributed by atoms with Crippen molar-refractivity contribution in [2.75, 3.05) is 26.2 Å². The quantitative estimate of drug-likeness (QED) is 0.337. The first-order chi connectivity index (χ1) is 9.52. The molecular formula is C15H36Cl2N2O4. The molecule has 0 atom stereocenters. The molecule has 0 aromatic carbocycles. The maximum atomic E-state index is 11.2. The van der Waals surface area contributed by atoms with Crippen molar-refractivity contribution in [3.63, 3.8) is 0 Å². The van der Waals surface area contributed by atoms with E-state index in [1.54, 1.807) is 0 Å². The molecule has 0 aromatic rings. The highest BCUT2D eigenvalue weighted by molar-refractivity contribution is 5.85. The van der Waals surface area contributed by atoms with Gasteiger partial charge in [-0.05, 0) is 6.42 Å². The van der Waals surface area contributed by atoms with E-state index in [9.17, 15) is 9.90 Å². The van der Waals surface area contributed by atoms with Gasteiger partial charge >= 0.3 is 6.16 Å². The van der Waals surface area contributed by atoms with E-state index in [-0.39, 0.29) is 30.3 Å². The van der Waals surface area contributed by atoms with Crippen LogP contribution in [0.5, 0.6) is 0 Å². The fraction of sp³-hybridized carbons (Fsp3) is 0.933. The van der Waals surface area contributed by atoms with E-state index in [0.717, 1.165) is 51.9 Å². The van der Waals surface area contributed by atoms with Crippen LogP contribution in [0.2, 0.25) is 0 Å². The van der Waals surface area contributed by atoms with E-state index < -0.39 is 12.0 Å². The Labute approximate surface area is 153 Å². The lowest BCUT2D eigenvalue weighted by molar-refractivity contribution is -0.223. The minimum atomic E-state index is -1.19. The lowest BCUT2D eigenvalue weighted by Gasteiger charge is -2.48. The Morgan fingerprint density at radius 3 is 1.57 bits per heavy atom. The molecule has 0 fully saturated rings. The van der Waals surface area contributed by atoms with E-state index in [2.05, 4.69) is 16.7 Å². The van der Waals surface area contributed by atoms with Crippen molar-refractivity contribution in [1.29, 1.82) is 0 Å². The third-order valence-corrected chi connectivity index (χ3v) is 3.87. The molecular weight excluding hydrogens is 343 g/mol. The van der Waals surface area contributed by atoms with E-state index in [4.69, 9.17) is 4.74 Å². The highest BCUT2D eigenvalue weighted by Crippen LogP contribution is 2.29. The largest absolute Gasteiger partial charge is 0.508 e. The maximum absolute atomic E-state index is 11.2. The minimum absolute atomic E-state index is 0. The van der Waals surface area contributed by atoms with Gasteiger partial charge in [-0.15, -0.1) is 24.8 Å². The van der Waals surface area contributed by atoms with Gasteiger partial charge in [0.1, 0.15) is 0 Å². The summed E-state index contributed by atoms with van der Waals surface area (Å²) in [7, 11) is 0. The fourth-order valence-corrected chi connectivity index (χ4v) is 2.88. The number of carbonyl (C=O) groups is 1. The van der Waals surface area contributed by atoms with Crippen LogP contribution in [0, 0.1) is 0 Å².